The third kappa shape index (κ3) is 3.70. The lowest BCUT2D eigenvalue weighted by molar-refractivity contribution is 0.632. The Kier molecular flexibility index (Phi) is 5.65. The van der Waals surface area contributed by atoms with E-state index in [1.807, 2.05) is 6.07 Å². The van der Waals surface area contributed by atoms with E-state index in [1.165, 1.54) is 10.6 Å². The van der Waals surface area contributed by atoms with Crippen LogP contribution in [0, 0.1) is 17.1 Å². The Morgan fingerprint density at radius 2 is 1.88 bits per heavy atom. The third-order valence-corrected chi connectivity index (χ3v) is 5.29. The number of nitriles is 1. The van der Waals surface area contributed by atoms with Crippen LogP contribution in [0.1, 0.15) is 24.4 Å². The molecule has 2 aromatic heterocycles. The molecule has 1 atom stereocenters. The summed E-state index contributed by atoms with van der Waals surface area (Å²) in [5, 5.41) is 12.3. The smallest absolute Gasteiger partial charge is 0.267 e. The Morgan fingerprint density at radius 3 is 2.56 bits per heavy atom. The SMILES string of the molecule is C[C@H](Nc1nc(N)nc(Cl)c1C#N)c1nc2c(F)ccc(Cl)c2c(=O)n1-c1ccccc1. The van der Waals surface area contributed by atoms with Crippen LogP contribution in [-0.2, 0) is 0 Å². The summed E-state index contributed by atoms with van der Waals surface area (Å²) in [6.45, 7) is 1.67. The molecule has 32 heavy (non-hydrogen) atoms. The van der Waals surface area contributed by atoms with Crippen molar-refractivity contribution in [1.82, 2.24) is 19.5 Å². The second-order valence-electron chi connectivity index (χ2n) is 6.77. The lowest BCUT2D eigenvalue weighted by Crippen LogP contribution is -2.28. The summed E-state index contributed by atoms with van der Waals surface area (Å²) in [6.07, 6.45) is 0. The molecule has 0 saturated heterocycles. The zero-order valence-corrected chi connectivity index (χ0v) is 18.0. The van der Waals surface area contributed by atoms with Gasteiger partial charge in [0.2, 0.25) is 5.95 Å². The number of hydrogen-bond acceptors (Lipinski definition) is 7. The van der Waals surface area contributed by atoms with Gasteiger partial charge in [-0.05, 0) is 31.2 Å². The first-order chi connectivity index (χ1) is 15.3. The highest BCUT2D eigenvalue weighted by Gasteiger charge is 2.23. The van der Waals surface area contributed by atoms with E-state index in [9.17, 15) is 14.4 Å². The van der Waals surface area contributed by atoms with Gasteiger partial charge in [0.15, 0.2) is 11.0 Å². The molecule has 0 radical (unpaired) electrons. The van der Waals surface area contributed by atoms with Crippen LogP contribution in [0.3, 0.4) is 0 Å². The third-order valence-electron chi connectivity index (χ3n) is 4.70. The van der Waals surface area contributed by atoms with E-state index in [4.69, 9.17) is 28.9 Å². The normalized spacial score (nSPS) is 11.8. The second-order valence-corrected chi connectivity index (χ2v) is 7.54. The number of nitrogens with one attached hydrogen (secondary N) is 1. The lowest BCUT2D eigenvalue weighted by atomic mass is 10.2. The molecule has 11 heteroatoms. The topological polar surface area (TPSA) is 123 Å². The maximum Gasteiger partial charge on any atom is 0.267 e. The van der Waals surface area contributed by atoms with E-state index in [2.05, 4.69) is 20.3 Å². The Balaban J connectivity index is 1.97. The van der Waals surface area contributed by atoms with Crippen molar-refractivity contribution in [3.63, 3.8) is 0 Å². The molecule has 2 heterocycles. The van der Waals surface area contributed by atoms with Crippen molar-refractivity contribution < 1.29 is 4.39 Å². The quantitative estimate of drug-likeness (QED) is 0.428. The van der Waals surface area contributed by atoms with Crippen molar-refractivity contribution >= 4 is 45.9 Å². The summed E-state index contributed by atoms with van der Waals surface area (Å²) in [5.74, 6) is -0.624. The molecule has 4 aromatic rings. The molecular weight excluding hydrogens is 456 g/mol. The fraction of sp³-hybridized carbons (Fsp3) is 0.0952. The van der Waals surface area contributed by atoms with Gasteiger partial charge in [-0.3, -0.25) is 9.36 Å². The van der Waals surface area contributed by atoms with Gasteiger partial charge in [-0.25, -0.2) is 9.37 Å². The van der Waals surface area contributed by atoms with Crippen molar-refractivity contribution in [3.05, 3.63) is 80.2 Å². The summed E-state index contributed by atoms with van der Waals surface area (Å²) in [4.78, 5) is 25.6. The zero-order chi connectivity index (χ0) is 23.0. The molecule has 8 nitrogen and oxygen atoms in total. The van der Waals surface area contributed by atoms with Crippen LogP contribution in [0.25, 0.3) is 16.6 Å². The van der Waals surface area contributed by atoms with E-state index in [1.54, 1.807) is 37.3 Å². The van der Waals surface area contributed by atoms with Crippen molar-refractivity contribution in [2.75, 3.05) is 11.1 Å². The molecule has 0 amide bonds. The molecule has 0 aliphatic heterocycles. The summed E-state index contributed by atoms with van der Waals surface area (Å²) in [6, 6.07) is 12.3. The highest BCUT2D eigenvalue weighted by Crippen LogP contribution is 2.28. The van der Waals surface area contributed by atoms with Gasteiger partial charge in [-0.1, -0.05) is 41.4 Å². The predicted octanol–water partition coefficient (Wildman–Crippen LogP) is 4.25. The van der Waals surface area contributed by atoms with Crippen molar-refractivity contribution in [2.45, 2.75) is 13.0 Å². The standard InChI is InChI=1S/C21H14Cl2FN7O/c1-10(27-18-12(9-25)17(23)29-21(26)30-18)19-28-16-14(24)8-7-13(22)15(16)20(32)31(19)11-5-3-2-4-6-11/h2-8,10H,1H3,(H3,26,27,29,30)/t10-/m0/s1. The molecule has 0 aliphatic carbocycles. The molecule has 0 fully saturated rings. The monoisotopic (exact) mass is 469 g/mol. The summed E-state index contributed by atoms with van der Waals surface area (Å²) >= 11 is 12.2. The Hall–Kier alpha value is -3.74. The van der Waals surface area contributed by atoms with Crippen LogP contribution < -0.4 is 16.6 Å². The van der Waals surface area contributed by atoms with E-state index in [-0.39, 0.29) is 44.2 Å². The van der Waals surface area contributed by atoms with E-state index >= 15 is 0 Å². The zero-order valence-electron chi connectivity index (χ0n) is 16.5. The van der Waals surface area contributed by atoms with Gasteiger partial charge >= 0.3 is 0 Å². The number of nitrogen functional groups attached to an aromatic ring is 1. The Labute approximate surface area is 191 Å². The molecule has 160 valence electrons. The molecule has 4 rings (SSSR count). The molecule has 3 N–H and O–H groups in total. The van der Waals surface area contributed by atoms with Gasteiger partial charge in [-0.15, -0.1) is 0 Å². The first-order valence-corrected chi connectivity index (χ1v) is 10.0. The van der Waals surface area contributed by atoms with Gasteiger partial charge < -0.3 is 11.1 Å². The summed E-state index contributed by atoms with van der Waals surface area (Å²) < 4.78 is 15.9. The van der Waals surface area contributed by atoms with Crippen LogP contribution >= 0.6 is 23.2 Å². The molecule has 0 unspecified atom stereocenters. The van der Waals surface area contributed by atoms with Crippen molar-refractivity contribution in [3.8, 4) is 11.8 Å². The largest absolute Gasteiger partial charge is 0.368 e. The molecule has 2 aromatic carbocycles. The van der Waals surface area contributed by atoms with Crippen molar-refractivity contribution in [2.24, 2.45) is 0 Å². The van der Waals surface area contributed by atoms with Crippen LogP contribution in [0.15, 0.2) is 47.3 Å². The van der Waals surface area contributed by atoms with Gasteiger partial charge in [0, 0.05) is 0 Å². The van der Waals surface area contributed by atoms with Gasteiger partial charge in [0.05, 0.1) is 22.1 Å². The number of para-hydroxylation sites is 1. The summed E-state index contributed by atoms with van der Waals surface area (Å²) in [7, 11) is 0. The fourth-order valence-corrected chi connectivity index (χ4v) is 3.73. The van der Waals surface area contributed by atoms with Gasteiger partial charge in [0.1, 0.15) is 28.8 Å². The predicted molar refractivity (Wildman–Crippen MR) is 121 cm³/mol. The maximum atomic E-state index is 14.6. The Morgan fingerprint density at radius 1 is 1.16 bits per heavy atom. The highest BCUT2D eigenvalue weighted by molar-refractivity contribution is 6.35. The van der Waals surface area contributed by atoms with Gasteiger partial charge in [0.25, 0.3) is 5.56 Å². The van der Waals surface area contributed by atoms with Crippen LogP contribution in [-0.4, -0.2) is 19.5 Å². The number of nitrogens with zero attached hydrogens (tertiary/aromatic N) is 5. The molecule has 0 saturated carbocycles. The molecule has 0 bridgehead atoms. The van der Waals surface area contributed by atoms with Crippen LogP contribution in [0.4, 0.5) is 16.2 Å². The molecular formula is C21H14Cl2FN7O. The fourth-order valence-electron chi connectivity index (χ4n) is 3.27. The average Bonchev–Trinajstić information content (AvgIpc) is 2.76. The highest BCUT2D eigenvalue weighted by atomic mass is 35.5. The minimum atomic E-state index is -0.733. The molecule has 0 aliphatic rings. The number of fused-ring (bicyclic) bond motifs is 1. The second kappa shape index (κ2) is 8.42. The lowest BCUT2D eigenvalue weighted by Gasteiger charge is -2.21. The first kappa shape index (κ1) is 21.5. The van der Waals surface area contributed by atoms with E-state index in [0.717, 1.165) is 6.07 Å². The minimum Gasteiger partial charge on any atom is -0.368 e. The number of benzene rings is 2. The minimum absolute atomic E-state index is 0.0312. The van der Waals surface area contributed by atoms with Gasteiger partial charge in [-0.2, -0.15) is 15.2 Å². The maximum absolute atomic E-state index is 14.6. The average molecular weight is 470 g/mol. The number of aromatic nitrogens is 4. The van der Waals surface area contributed by atoms with Crippen LogP contribution in [0.2, 0.25) is 10.2 Å². The number of anilines is 2. The van der Waals surface area contributed by atoms with Crippen molar-refractivity contribution in [1.29, 1.82) is 5.26 Å². The number of nitrogens with two attached hydrogens (primary N) is 1. The van der Waals surface area contributed by atoms with E-state index < -0.39 is 17.4 Å². The number of halogens is 3. The van der Waals surface area contributed by atoms with E-state index in [0.29, 0.717) is 5.69 Å². The number of rotatable bonds is 4. The molecule has 0 spiro atoms. The Bertz CT molecular complexity index is 1450. The first-order valence-electron chi connectivity index (χ1n) is 9.27. The van der Waals surface area contributed by atoms with Crippen LogP contribution in [0.5, 0.6) is 0 Å². The summed E-state index contributed by atoms with van der Waals surface area (Å²) in [5.41, 5.74) is 5.41. The number of hydrogen-bond donors (Lipinski definition) is 2.